The number of carboxylic acid groups (broad SMARTS) is 1. The first-order chi connectivity index (χ1) is 7.66. The highest BCUT2D eigenvalue weighted by Gasteiger charge is 2.25. The monoisotopic (exact) mass is 219 g/mol. The lowest BCUT2D eigenvalue weighted by Crippen LogP contribution is -2.36. The second kappa shape index (κ2) is 4.66. The van der Waals surface area contributed by atoms with E-state index in [0.717, 1.165) is 12.8 Å². The summed E-state index contributed by atoms with van der Waals surface area (Å²) in [6.45, 7) is 2.65. The molecule has 2 unspecified atom stereocenters. The number of hydrogen-bond acceptors (Lipinski definition) is 2. The Morgan fingerprint density at radius 3 is 2.50 bits per heavy atom. The molecule has 1 aliphatic rings. The van der Waals surface area contributed by atoms with E-state index >= 15 is 0 Å². The van der Waals surface area contributed by atoms with Crippen LogP contribution in [0.25, 0.3) is 0 Å². The Labute approximate surface area is 95.5 Å². The predicted molar refractivity (Wildman–Crippen MR) is 62.3 cm³/mol. The van der Waals surface area contributed by atoms with Crippen molar-refractivity contribution < 1.29 is 9.90 Å². The average Bonchev–Trinajstić information content (AvgIpc) is 2.30. The summed E-state index contributed by atoms with van der Waals surface area (Å²) >= 11 is 0. The molecule has 16 heavy (non-hydrogen) atoms. The second-order valence-corrected chi connectivity index (χ2v) is 4.48. The van der Waals surface area contributed by atoms with Gasteiger partial charge >= 0.3 is 5.97 Å². The lowest BCUT2D eigenvalue weighted by Gasteiger charge is -2.28. The third-order valence-corrected chi connectivity index (χ3v) is 3.24. The minimum absolute atomic E-state index is 0.221. The Morgan fingerprint density at radius 2 is 2.00 bits per heavy atom. The van der Waals surface area contributed by atoms with E-state index in [0.29, 0.717) is 12.6 Å². The first-order valence-electron chi connectivity index (χ1n) is 5.69. The van der Waals surface area contributed by atoms with E-state index < -0.39 is 5.97 Å². The molecule has 1 aromatic carbocycles. The van der Waals surface area contributed by atoms with Crippen LogP contribution in [0.4, 0.5) is 0 Å². The van der Waals surface area contributed by atoms with Crippen LogP contribution in [0.1, 0.15) is 30.0 Å². The van der Waals surface area contributed by atoms with Crippen molar-refractivity contribution in [3.8, 4) is 0 Å². The molecule has 0 bridgehead atoms. The maximum Gasteiger partial charge on any atom is 0.307 e. The molecule has 2 N–H and O–H groups in total. The fourth-order valence-corrected chi connectivity index (χ4v) is 2.15. The van der Waals surface area contributed by atoms with Gasteiger partial charge in [-0.3, -0.25) is 4.79 Å². The van der Waals surface area contributed by atoms with Crippen molar-refractivity contribution in [3.05, 3.63) is 35.4 Å². The van der Waals surface area contributed by atoms with E-state index in [4.69, 9.17) is 5.11 Å². The van der Waals surface area contributed by atoms with Crippen molar-refractivity contribution in [2.45, 2.75) is 25.8 Å². The maximum atomic E-state index is 10.8. The fourth-order valence-electron chi connectivity index (χ4n) is 2.15. The van der Waals surface area contributed by atoms with E-state index in [2.05, 4.69) is 36.5 Å². The SMILES string of the molecule is Cc1ccc(C2CCC(C(=O)O)CN2)cc1. The number of aryl methyl sites for hydroxylation is 1. The summed E-state index contributed by atoms with van der Waals surface area (Å²) in [6.07, 6.45) is 1.67. The van der Waals surface area contributed by atoms with Gasteiger partial charge in [0, 0.05) is 12.6 Å². The number of hydrogen-bond donors (Lipinski definition) is 2. The predicted octanol–water partition coefficient (Wildman–Crippen LogP) is 2.12. The quantitative estimate of drug-likeness (QED) is 0.801. The number of piperidine rings is 1. The van der Waals surface area contributed by atoms with Gasteiger partial charge in [0.25, 0.3) is 0 Å². The Kier molecular flexibility index (Phi) is 3.25. The average molecular weight is 219 g/mol. The fraction of sp³-hybridized carbons (Fsp3) is 0.462. The maximum absolute atomic E-state index is 10.8. The molecule has 0 amide bonds. The highest BCUT2D eigenvalue weighted by Crippen LogP contribution is 2.25. The molecule has 1 saturated heterocycles. The molecule has 1 aliphatic heterocycles. The molecule has 0 aliphatic carbocycles. The number of carbonyl (C=O) groups is 1. The molecule has 2 atom stereocenters. The second-order valence-electron chi connectivity index (χ2n) is 4.48. The van der Waals surface area contributed by atoms with Crippen LogP contribution in [-0.2, 0) is 4.79 Å². The van der Waals surface area contributed by atoms with Gasteiger partial charge in [0.15, 0.2) is 0 Å². The van der Waals surface area contributed by atoms with Crippen LogP contribution in [0.3, 0.4) is 0 Å². The van der Waals surface area contributed by atoms with Crippen LogP contribution in [0.15, 0.2) is 24.3 Å². The van der Waals surface area contributed by atoms with Crippen LogP contribution in [-0.4, -0.2) is 17.6 Å². The molecule has 3 nitrogen and oxygen atoms in total. The van der Waals surface area contributed by atoms with Crippen LogP contribution < -0.4 is 5.32 Å². The Balaban J connectivity index is 1.99. The van der Waals surface area contributed by atoms with Gasteiger partial charge in [0.2, 0.25) is 0 Å². The molecule has 2 rings (SSSR count). The summed E-state index contributed by atoms with van der Waals surface area (Å²) in [5, 5.41) is 12.2. The summed E-state index contributed by atoms with van der Waals surface area (Å²) in [4.78, 5) is 10.8. The lowest BCUT2D eigenvalue weighted by atomic mass is 9.91. The van der Waals surface area contributed by atoms with Gasteiger partial charge in [-0.25, -0.2) is 0 Å². The number of carboxylic acids is 1. The topological polar surface area (TPSA) is 49.3 Å². The summed E-state index contributed by atoms with van der Waals surface area (Å²) in [5.74, 6) is -0.906. The first kappa shape index (κ1) is 11.1. The van der Waals surface area contributed by atoms with Crippen molar-refractivity contribution in [2.75, 3.05) is 6.54 Å². The molecule has 0 aromatic heterocycles. The number of aliphatic carboxylic acids is 1. The van der Waals surface area contributed by atoms with Crippen LogP contribution in [0.5, 0.6) is 0 Å². The third kappa shape index (κ3) is 2.42. The molecular formula is C13H17NO2. The van der Waals surface area contributed by atoms with Crippen LogP contribution >= 0.6 is 0 Å². The van der Waals surface area contributed by atoms with Crippen LogP contribution in [0, 0.1) is 12.8 Å². The van der Waals surface area contributed by atoms with E-state index in [1.807, 2.05) is 0 Å². The first-order valence-corrected chi connectivity index (χ1v) is 5.69. The van der Waals surface area contributed by atoms with Gasteiger partial charge in [0.1, 0.15) is 0 Å². The zero-order chi connectivity index (χ0) is 11.5. The van der Waals surface area contributed by atoms with E-state index in [-0.39, 0.29) is 5.92 Å². The molecule has 0 radical (unpaired) electrons. The van der Waals surface area contributed by atoms with Crippen molar-refractivity contribution in [2.24, 2.45) is 5.92 Å². The normalized spacial score (nSPS) is 25.3. The van der Waals surface area contributed by atoms with Gasteiger partial charge in [-0.2, -0.15) is 0 Å². The standard InChI is InChI=1S/C13H17NO2/c1-9-2-4-10(5-3-9)12-7-6-11(8-14-12)13(15)16/h2-5,11-12,14H,6-8H2,1H3,(H,15,16). The smallest absolute Gasteiger partial charge is 0.307 e. The molecular weight excluding hydrogens is 202 g/mol. The summed E-state index contributed by atoms with van der Waals surface area (Å²) in [5.41, 5.74) is 2.51. The number of nitrogens with one attached hydrogen (secondary N) is 1. The highest BCUT2D eigenvalue weighted by atomic mass is 16.4. The van der Waals surface area contributed by atoms with Crippen molar-refractivity contribution in [1.82, 2.24) is 5.32 Å². The number of benzene rings is 1. The van der Waals surface area contributed by atoms with Gasteiger partial charge in [-0.15, -0.1) is 0 Å². The van der Waals surface area contributed by atoms with E-state index in [1.54, 1.807) is 0 Å². The number of rotatable bonds is 2. The Morgan fingerprint density at radius 1 is 1.31 bits per heavy atom. The van der Waals surface area contributed by atoms with Crippen molar-refractivity contribution in [1.29, 1.82) is 0 Å². The molecule has 1 aromatic rings. The molecule has 3 heteroatoms. The molecule has 86 valence electrons. The van der Waals surface area contributed by atoms with Gasteiger partial charge < -0.3 is 10.4 Å². The summed E-state index contributed by atoms with van der Waals surface area (Å²) < 4.78 is 0. The van der Waals surface area contributed by atoms with Crippen molar-refractivity contribution >= 4 is 5.97 Å². The Bertz CT molecular complexity index is 364. The largest absolute Gasteiger partial charge is 0.481 e. The summed E-state index contributed by atoms with van der Waals surface area (Å²) in [7, 11) is 0. The molecule has 0 saturated carbocycles. The van der Waals surface area contributed by atoms with Gasteiger partial charge in [-0.1, -0.05) is 29.8 Å². The molecule has 0 spiro atoms. The van der Waals surface area contributed by atoms with E-state index in [1.165, 1.54) is 11.1 Å². The highest BCUT2D eigenvalue weighted by molar-refractivity contribution is 5.70. The zero-order valence-electron chi connectivity index (χ0n) is 9.44. The van der Waals surface area contributed by atoms with Crippen molar-refractivity contribution in [3.63, 3.8) is 0 Å². The van der Waals surface area contributed by atoms with Gasteiger partial charge in [0.05, 0.1) is 5.92 Å². The van der Waals surface area contributed by atoms with Crippen LogP contribution in [0.2, 0.25) is 0 Å². The van der Waals surface area contributed by atoms with Gasteiger partial charge in [-0.05, 0) is 25.3 Å². The van der Waals surface area contributed by atoms with E-state index in [9.17, 15) is 4.79 Å². The third-order valence-electron chi connectivity index (χ3n) is 3.24. The minimum Gasteiger partial charge on any atom is -0.481 e. The summed E-state index contributed by atoms with van der Waals surface area (Å²) in [6, 6.07) is 8.75. The molecule has 1 fully saturated rings. The Hall–Kier alpha value is -1.35. The minimum atomic E-state index is -0.685. The zero-order valence-corrected chi connectivity index (χ0v) is 9.44. The molecule has 1 heterocycles. The lowest BCUT2D eigenvalue weighted by molar-refractivity contribution is -0.142.